The summed E-state index contributed by atoms with van der Waals surface area (Å²) >= 11 is 3.47. The van der Waals surface area contributed by atoms with Crippen LogP contribution in [0, 0.1) is 3.57 Å². The third-order valence-corrected chi connectivity index (χ3v) is 7.78. The van der Waals surface area contributed by atoms with E-state index in [1.807, 2.05) is 70.2 Å². The average molecular weight is 677 g/mol. The number of fused-ring (bicyclic) bond motifs is 1. The molecule has 0 amide bonds. The molecular weight excluding hydrogens is 643 g/mol. The molecule has 1 aliphatic heterocycles. The van der Waals surface area contributed by atoms with Crippen molar-refractivity contribution in [3.8, 4) is 17.2 Å². The third-order valence-electron chi connectivity index (χ3n) is 6.00. The van der Waals surface area contributed by atoms with Crippen molar-refractivity contribution < 1.29 is 23.7 Å². The molecule has 2 aromatic carbocycles. The lowest BCUT2D eigenvalue weighted by molar-refractivity contribution is -0.139. The summed E-state index contributed by atoms with van der Waals surface area (Å²) in [7, 11) is 1.59. The number of ether oxygens (including phenoxy) is 4. The number of para-hydroxylation sites is 1. The molecule has 0 N–H and O–H groups in total. The zero-order chi connectivity index (χ0) is 29.1. The van der Waals surface area contributed by atoms with Crippen LogP contribution >= 0.6 is 33.9 Å². The number of rotatable bonds is 9. The first-order valence-electron chi connectivity index (χ1n) is 13.0. The normalized spacial score (nSPS) is 15.2. The lowest BCUT2D eigenvalue weighted by atomic mass is 9.95. The maximum absolute atomic E-state index is 14.0. The highest BCUT2D eigenvalue weighted by Crippen LogP contribution is 2.37. The van der Waals surface area contributed by atoms with E-state index in [0.717, 1.165) is 9.13 Å². The van der Waals surface area contributed by atoms with Gasteiger partial charge in [-0.2, -0.15) is 0 Å². The van der Waals surface area contributed by atoms with Crippen LogP contribution in [0.25, 0.3) is 6.08 Å². The van der Waals surface area contributed by atoms with Crippen LogP contribution in [0.5, 0.6) is 17.2 Å². The zero-order valence-electron chi connectivity index (χ0n) is 23.6. The zero-order valence-corrected chi connectivity index (χ0v) is 26.6. The van der Waals surface area contributed by atoms with Gasteiger partial charge in [0.1, 0.15) is 11.8 Å². The van der Waals surface area contributed by atoms with E-state index in [1.165, 1.54) is 11.3 Å². The lowest BCUT2D eigenvalue weighted by Crippen LogP contribution is -2.40. The van der Waals surface area contributed by atoms with Crippen LogP contribution < -0.4 is 29.1 Å². The molecule has 0 unspecified atom stereocenters. The standard InChI is InChI=1S/C30H33IN2O6S/c1-8-37-29(35)25-18(6)32-30-33(26(25)20-11-9-10-12-22(20)38-16(2)3)28(34)24(40-30)15-19-13-21(31)27(39-17(4)5)23(14-19)36-7/h9-17,26H,8H2,1-7H3/b24-15-/t26-/m1/s1. The van der Waals surface area contributed by atoms with Gasteiger partial charge in [-0.15, -0.1) is 0 Å². The topological polar surface area (TPSA) is 88.4 Å². The molecule has 1 aromatic heterocycles. The van der Waals surface area contributed by atoms with E-state index in [4.69, 9.17) is 18.9 Å². The van der Waals surface area contributed by atoms with Crippen LogP contribution in [0.15, 0.2) is 57.5 Å². The second kappa shape index (κ2) is 12.6. The molecule has 0 spiro atoms. The maximum Gasteiger partial charge on any atom is 0.338 e. The minimum absolute atomic E-state index is 0.0173. The summed E-state index contributed by atoms with van der Waals surface area (Å²) in [5, 5.41) is 0. The number of methoxy groups -OCH3 is 1. The van der Waals surface area contributed by atoms with Gasteiger partial charge in [0.15, 0.2) is 16.3 Å². The number of allylic oxidation sites excluding steroid dienone is 1. The fourth-order valence-electron chi connectivity index (χ4n) is 4.48. The van der Waals surface area contributed by atoms with Crippen LogP contribution in [0.1, 0.15) is 58.7 Å². The Bertz CT molecular complexity index is 1640. The SMILES string of the molecule is CCOC(=O)C1=C(C)N=c2s/c(=C\c3cc(I)c(OC(C)C)c(OC)c3)c(=O)n2[C@@H]1c1ccccc1OC(C)C. The number of hydrogen-bond donors (Lipinski definition) is 0. The van der Waals surface area contributed by atoms with Gasteiger partial charge in [0.2, 0.25) is 0 Å². The highest BCUT2D eigenvalue weighted by molar-refractivity contribution is 14.1. The van der Waals surface area contributed by atoms with Gasteiger partial charge in [-0.05, 0) is 94.0 Å². The smallest absolute Gasteiger partial charge is 0.338 e. The predicted octanol–water partition coefficient (Wildman–Crippen LogP) is 4.99. The van der Waals surface area contributed by atoms with Gasteiger partial charge in [0.05, 0.1) is 45.3 Å². The number of carbonyl (C=O) groups is 1. The first-order valence-corrected chi connectivity index (χ1v) is 14.9. The molecule has 1 atom stereocenters. The molecule has 0 bridgehead atoms. The molecule has 0 radical (unpaired) electrons. The van der Waals surface area contributed by atoms with Crippen molar-refractivity contribution in [2.75, 3.05) is 13.7 Å². The van der Waals surface area contributed by atoms with Crippen molar-refractivity contribution in [2.24, 2.45) is 4.99 Å². The number of carbonyl (C=O) groups excluding carboxylic acids is 1. The van der Waals surface area contributed by atoms with Gasteiger partial charge in [-0.1, -0.05) is 29.5 Å². The predicted molar refractivity (Wildman–Crippen MR) is 164 cm³/mol. The quantitative estimate of drug-likeness (QED) is 0.235. The number of benzene rings is 2. The lowest BCUT2D eigenvalue weighted by Gasteiger charge is -2.26. The monoisotopic (exact) mass is 676 g/mol. The van der Waals surface area contributed by atoms with Crippen LogP contribution in [-0.4, -0.2) is 36.5 Å². The third kappa shape index (κ3) is 6.12. The Morgan fingerprint density at radius 2 is 1.82 bits per heavy atom. The number of nitrogens with zero attached hydrogens (tertiary/aromatic N) is 2. The van der Waals surface area contributed by atoms with E-state index < -0.39 is 12.0 Å². The Morgan fingerprint density at radius 1 is 1.12 bits per heavy atom. The van der Waals surface area contributed by atoms with Gasteiger partial charge in [-0.25, -0.2) is 9.79 Å². The van der Waals surface area contributed by atoms with E-state index in [9.17, 15) is 9.59 Å². The number of esters is 1. The summed E-state index contributed by atoms with van der Waals surface area (Å²) in [6.45, 7) is 11.5. The fraction of sp³-hybridized carbons (Fsp3) is 0.367. The molecule has 2 heterocycles. The fourth-order valence-corrected chi connectivity index (χ4v) is 6.28. The Kier molecular flexibility index (Phi) is 9.40. The van der Waals surface area contributed by atoms with Crippen molar-refractivity contribution >= 4 is 46.0 Å². The molecule has 8 nitrogen and oxygen atoms in total. The molecule has 0 saturated carbocycles. The van der Waals surface area contributed by atoms with E-state index in [2.05, 4.69) is 27.6 Å². The molecule has 212 valence electrons. The van der Waals surface area contributed by atoms with E-state index in [0.29, 0.717) is 43.4 Å². The van der Waals surface area contributed by atoms with Gasteiger partial charge in [0, 0.05) is 5.56 Å². The number of hydrogen-bond acceptors (Lipinski definition) is 8. The number of thiazole rings is 1. The highest BCUT2D eigenvalue weighted by atomic mass is 127. The molecule has 0 saturated heterocycles. The summed E-state index contributed by atoms with van der Waals surface area (Å²) in [5.74, 6) is 1.32. The van der Waals surface area contributed by atoms with E-state index >= 15 is 0 Å². The molecular formula is C30H33IN2O6S. The van der Waals surface area contributed by atoms with Crippen LogP contribution in [0.3, 0.4) is 0 Å². The van der Waals surface area contributed by atoms with Crippen LogP contribution in [-0.2, 0) is 9.53 Å². The number of halogens is 1. The Morgan fingerprint density at radius 3 is 2.48 bits per heavy atom. The molecule has 1 aliphatic rings. The van der Waals surface area contributed by atoms with Crippen molar-refractivity contribution in [3.05, 3.63) is 82.1 Å². The second-order valence-corrected chi connectivity index (χ2v) is 11.9. The van der Waals surface area contributed by atoms with Crippen LogP contribution in [0.2, 0.25) is 0 Å². The van der Waals surface area contributed by atoms with Crippen molar-refractivity contribution in [2.45, 2.75) is 59.8 Å². The largest absolute Gasteiger partial charge is 0.493 e. The highest BCUT2D eigenvalue weighted by Gasteiger charge is 2.35. The summed E-state index contributed by atoms with van der Waals surface area (Å²) in [5.41, 5.74) is 2.02. The molecule has 4 rings (SSSR count). The molecule has 40 heavy (non-hydrogen) atoms. The van der Waals surface area contributed by atoms with Crippen molar-refractivity contribution in [3.63, 3.8) is 0 Å². The van der Waals surface area contributed by atoms with Gasteiger partial charge >= 0.3 is 5.97 Å². The first-order chi connectivity index (χ1) is 19.0. The second-order valence-electron chi connectivity index (χ2n) is 9.71. The summed E-state index contributed by atoms with van der Waals surface area (Å²) < 4.78 is 26.0. The molecule has 0 aliphatic carbocycles. The van der Waals surface area contributed by atoms with Gasteiger partial charge in [-0.3, -0.25) is 9.36 Å². The van der Waals surface area contributed by atoms with Crippen molar-refractivity contribution in [1.29, 1.82) is 0 Å². The van der Waals surface area contributed by atoms with Crippen LogP contribution in [0.4, 0.5) is 0 Å². The van der Waals surface area contributed by atoms with E-state index in [1.54, 1.807) is 25.5 Å². The maximum atomic E-state index is 14.0. The van der Waals surface area contributed by atoms with Gasteiger partial charge < -0.3 is 18.9 Å². The van der Waals surface area contributed by atoms with E-state index in [-0.39, 0.29) is 24.4 Å². The minimum Gasteiger partial charge on any atom is -0.493 e. The Hall–Kier alpha value is -3.12. The summed E-state index contributed by atoms with van der Waals surface area (Å²) in [6, 6.07) is 10.5. The minimum atomic E-state index is -0.760. The Labute approximate surface area is 251 Å². The number of aromatic nitrogens is 1. The molecule has 0 fully saturated rings. The summed E-state index contributed by atoms with van der Waals surface area (Å²) in [6.07, 6.45) is 1.69. The molecule has 10 heteroatoms. The summed E-state index contributed by atoms with van der Waals surface area (Å²) in [4.78, 5) is 32.4. The first kappa shape index (κ1) is 29.9. The molecule has 3 aromatic rings. The average Bonchev–Trinajstić information content (AvgIpc) is 3.18. The van der Waals surface area contributed by atoms with Crippen molar-refractivity contribution in [1.82, 2.24) is 4.57 Å². The van der Waals surface area contributed by atoms with Gasteiger partial charge in [0.25, 0.3) is 5.56 Å². The Balaban J connectivity index is 1.95.